The van der Waals surface area contributed by atoms with Crippen LogP contribution in [0.1, 0.15) is 18.4 Å². The van der Waals surface area contributed by atoms with Crippen molar-refractivity contribution in [3.8, 4) is 11.5 Å². The van der Waals surface area contributed by atoms with Crippen molar-refractivity contribution < 1.29 is 14.6 Å². The van der Waals surface area contributed by atoms with Gasteiger partial charge in [0.15, 0.2) is 0 Å². The molecule has 0 aromatic heterocycles. The summed E-state index contributed by atoms with van der Waals surface area (Å²) in [6, 6.07) is 6.39. The third-order valence-corrected chi connectivity index (χ3v) is 4.45. The van der Waals surface area contributed by atoms with Crippen molar-refractivity contribution in [3.63, 3.8) is 0 Å². The van der Waals surface area contributed by atoms with E-state index in [1.54, 1.807) is 14.2 Å². The van der Waals surface area contributed by atoms with Crippen molar-refractivity contribution in [2.45, 2.75) is 25.4 Å². The molecule has 0 radical (unpaired) electrons. The Kier molecular flexibility index (Phi) is 6.49. The van der Waals surface area contributed by atoms with Gasteiger partial charge >= 0.3 is 0 Å². The number of nitrogens with zero attached hydrogens (tertiary/aromatic N) is 2. The fourth-order valence-electron chi connectivity index (χ4n) is 3.10. The Morgan fingerprint density at radius 1 is 1.23 bits per heavy atom. The second kappa shape index (κ2) is 8.36. The van der Waals surface area contributed by atoms with E-state index in [1.165, 1.54) is 0 Å². The van der Waals surface area contributed by atoms with Gasteiger partial charge in [-0.3, -0.25) is 4.90 Å². The van der Waals surface area contributed by atoms with Gasteiger partial charge in [0.25, 0.3) is 0 Å². The summed E-state index contributed by atoms with van der Waals surface area (Å²) in [5.41, 5.74) is 1.11. The molecule has 0 amide bonds. The average molecular weight is 308 g/mol. The van der Waals surface area contributed by atoms with E-state index in [9.17, 15) is 5.11 Å². The zero-order valence-electron chi connectivity index (χ0n) is 13.9. The number of rotatable bonds is 7. The first-order valence-electron chi connectivity index (χ1n) is 7.92. The lowest BCUT2D eigenvalue weighted by Crippen LogP contribution is -2.44. The lowest BCUT2D eigenvalue weighted by molar-refractivity contribution is 0.0933. The largest absolute Gasteiger partial charge is 0.497 e. The minimum Gasteiger partial charge on any atom is -0.497 e. The number of benzene rings is 1. The molecule has 0 atom stereocenters. The number of methoxy groups -OCH3 is 2. The van der Waals surface area contributed by atoms with Crippen molar-refractivity contribution in [2.24, 2.45) is 0 Å². The molecule has 1 aromatic rings. The lowest BCUT2D eigenvalue weighted by atomic mass is 10.0. The van der Waals surface area contributed by atoms with Crippen LogP contribution in [0.4, 0.5) is 0 Å². The molecule has 1 aromatic carbocycles. The predicted octanol–water partition coefficient (Wildman–Crippen LogP) is 1.59. The minimum atomic E-state index is 0.179. The summed E-state index contributed by atoms with van der Waals surface area (Å²) in [6.07, 6.45) is 2.28. The second-order valence-electron chi connectivity index (χ2n) is 5.91. The summed E-state index contributed by atoms with van der Waals surface area (Å²) in [5, 5.41) is 9.42. The van der Waals surface area contributed by atoms with Crippen molar-refractivity contribution in [3.05, 3.63) is 23.8 Å². The number of aliphatic hydroxyl groups is 1. The van der Waals surface area contributed by atoms with Gasteiger partial charge in [-0.25, -0.2) is 0 Å². The average Bonchev–Trinajstić information content (AvgIpc) is 2.55. The van der Waals surface area contributed by atoms with Gasteiger partial charge in [0, 0.05) is 24.7 Å². The number of likely N-dealkylation sites (tertiary alicyclic amines) is 1. The zero-order chi connectivity index (χ0) is 15.9. The normalized spacial score (nSPS) is 17.0. The number of ether oxygens (including phenoxy) is 2. The first kappa shape index (κ1) is 17.1. The highest BCUT2D eigenvalue weighted by atomic mass is 16.5. The molecule has 5 heteroatoms. The fraction of sp³-hybridized carbons (Fsp3) is 0.647. The molecule has 2 rings (SSSR count). The smallest absolute Gasteiger partial charge is 0.123 e. The summed E-state index contributed by atoms with van der Waals surface area (Å²) in [7, 11) is 5.53. The number of hydrogen-bond donors (Lipinski definition) is 1. The Labute approximate surface area is 133 Å². The molecule has 0 saturated carbocycles. The van der Waals surface area contributed by atoms with E-state index in [4.69, 9.17) is 9.47 Å². The molecule has 1 heterocycles. The van der Waals surface area contributed by atoms with Crippen LogP contribution in [0.15, 0.2) is 18.2 Å². The van der Waals surface area contributed by atoms with Gasteiger partial charge in [-0.1, -0.05) is 0 Å². The highest BCUT2D eigenvalue weighted by Gasteiger charge is 2.23. The second-order valence-corrected chi connectivity index (χ2v) is 5.91. The summed E-state index contributed by atoms with van der Waals surface area (Å²) < 4.78 is 10.8. The molecule has 1 saturated heterocycles. The molecular formula is C17H28N2O3. The molecule has 1 aliphatic heterocycles. The molecule has 1 N–H and O–H groups in total. The first-order chi connectivity index (χ1) is 10.7. The SMILES string of the molecule is COc1ccc(OC)c(CN(CCO)C2CCN(C)CC2)c1. The van der Waals surface area contributed by atoms with Crippen LogP contribution < -0.4 is 9.47 Å². The molecule has 0 unspecified atom stereocenters. The molecule has 124 valence electrons. The number of hydrogen-bond acceptors (Lipinski definition) is 5. The van der Waals surface area contributed by atoms with E-state index in [0.717, 1.165) is 49.5 Å². The van der Waals surface area contributed by atoms with Crippen LogP contribution in [0.2, 0.25) is 0 Å². The fourth-order valence-corrected chi connectivity index (χ4v) is 3.10. The molecule has 0 bridgehead atoms. The van der Waals surface area contributed by atoms with Crippen molar-refractivity contribution >= 4 is 0 Å². The van der Waals surface area contributed by atoms with Crippen LogP contribution >= 0.6 is 0 Å². The van der Waals surface area contributed by atoms with Crippen LogP contribution in [-0.4, -0.2) is 68.5 Å². The van der Waals surface area contributed by atoms with Crippen LogP contribution in [-0.2, 0) is 6.54 Å². The molecule has 1 aliphatic rings. The predicted molar refractivity (Wildman–Crippen MR) is 87.6 cm³/mol. The van der Waals surface area contributed by atoms with Gasteiger partial charge in [0.2, 0.25) is 0 Å². The Morgan fingerprint density at radius 3 is 2.55 bits per heavy atom. The standard InChI is InChI=1S/C17H28N2O3/c1-18-8-6-15(7-9-18)19(10-11-20)13-14-12-16(21-2)4-5-17(14)22-3/h4-5,12,15,20H,6-11,13H2,1-3H3. The van der Waals surface area contributed by atoms with E-state index in [-0.39, 0.29) is 6.61 Å². The van der Waals surface area contributed by atoms with Gasteiger partial charge in [0.1, 0.15) is 11.5 Å². The number of aliphatic hydroxyl groups excluding tert-OH is 1. The summed E-state index contributed by atoms with van der Waals surface area (Å²) in [4.78, 5) is 4.73. The van der Waals surface area contributed by atoms with Crippen LogP contribution in [0, 0.1) is 0 Å². The molecular weight excluding hydrogens is 280 g/mol. The van der Waals surface area contributed by atoms with Gasteiger partial charge in [-0.05, 0) is 51.2 Å². The maximum Gasteiger partial charge on any atom is 0.123 e. The highest BCUT2D eigenvalue weighted by Crippen LogP contribution is 2.27. The van der Waals surface area contributed by atoms with Crippen LogP contribution in [0.5, 0.6) is 11.5 Å². The molecule has 0 spiro atoms. The third-order valence-electron chi connectivity index (χ3n) is 4.45. The molecule has 0 aliphatic carbocycles. The Hall–Kier alpha value is -1.30. The maximum absolute atomic E-state index is 9.42. The topological polar surface area (TPSA) is 45.2 Å². The van der Waals surface area contributed by atoms with Crippen molar-refractivity contribution in [1.82, 2.24) is 9.80 Å². The van der Waals surface area contributed by atoms with Gasteiger partial charge in [0.05, 0.1) is 20.8 Å². The summed E-state index contributed by atoms with van der Waals surface area (Å²) in [6.45, 7) is 3.87. The van der Waals surface area contributed by atoms with Crippen molar-refractivity contribution in [1.29, 1.82) is 0 Å². The van der Waals surface area contributed by atoms with E-state index in [1.807, 2.05) is 18.2 Å². The van der Waals surface area contributed by atoms with Gasteiger partial charge in [-0.2, -0.15) is 0 Å². The van der Waals surface area contributed by atoms with Gasteiger partial charge in [-0.15, -0.1) is 0 Å². The summed E-state index contributed by atoms with van der Waals surface area (Å²) >= 11 is 0. The van der Waals surface area contributed by atoms with E-state index < -0.39 is 0 Å². The first-order valence-corrected chi connectivity index (χ1v) is 7.92. The lowest BCUT2D eigenvalue weighted by Gasteiger charge is -2.37. The van der Waals surface area contributed by atoms with E-state index in [0.29, 0.717) is 12.6 Å². The Balaban J connectivity index is 2.13. The number of piperidine rings is 1. The molecule has 5 nitrogen and oxygen atoms in total. The Morgan fingerprint density at radius 2 is 1.95 bits per heavy atom. The molecule has 1 fully saturated rings. The van der Waals surface area contributed by atoms with E-state index >= 15 is 0 Å². The quantitative estimate of drug-likeness (QED) is 0.829. The van der Waals surface area contributed by atoms with Crippen LogP contribution in [0.25, 0.3) is 0 Å². The van der Waals surface area contributed by atoms with Gasteiger partial charge < -0.3 is 19.5 Å². The third kappa shape index (κ3) is 4.35. The Bertz CT molecular complexity index is 459. The maximum atomic E-state index is 9.42. The minimum absolute atomic E-state index is 0.179. The highest BCUT2D eigenvalue weighted by molar-refractivity contribution is 5.40. The van der Waals surface area contributed by atoms with Crippen molar-refractivity contribution in [2.75, 3.05) is 47.5 Å². The zero-order valence-corrected chi connectivity index (χ0v) is 13.9. The van der Waals surface area contributed by atoms with E-state index in [2.05, 4.69) is 16.8 Å². The monoisotopic (exact) mass is 308 g/mol. The van der Waals surface area contributed by atoms with Crippen LogP contribution in [0.3, 0.4) is 0 Å². The molecule has 22 heavy (non-hydrogen) atoms. The summed E-state index contributed by atoms with van der Waals surface area (Å²) in [5.74, 6) is 1.71.